The van der Waals surface area contributed by atoms with E-state index in [-0.39, 0.29) is 23.6 Å². The van der Waals surface area contributed by atoms with Crippen molar-refractivity contribution < 1.29 is 14.4 Å². The number of hydrogen-bond acceptors (Lipinski definition) is 3. The molecule has 1 saturated carbocycles. The Kier molecular flexibility index (Phi) is 5.31. The molecular formula is C20H21N3O3. The van der Waals surface area contributed by atoms with E-state index in [1.807, 2.05) is 24.3 Å². The maximum absolute atomic E-state index is 12.3. The van der Waals surface area contributed by atoms with Crippen LogP contribution in [0.15, 0.2) is 48.5 Å². The Morgan fingerprint density at radius 3 is 2.35 bits per heavy atom. The molecule has 2 aromatic carbocycles. The zero-order valence-corrected chi connectivity index (χ0v) is 14.5. The first-order valence-corrected chi connectivity index (χ1v) is 8.57. The molecule has 1 fully saturated rings. The summed E-state index contributed by atoms with van der Waals surface area (Å²) in [7, 11) is 0. The first-order chi connectivity index (χ1) is 12.5. The second-order valence-electron chi connectivity index (χ2n) is 6.41. The molecule has 3 rings (SSSR count). The Labute approximate surface area is 152 Å². The summed E-state index contributed by atoms with van der Waals surface area (Å²) >= 11 is 0. The van der Waals surface area contributed by atoms with Crippen molar-refractivity contribution in [1.29, 1.82) is 0 Å². The van der Waals surface area contributed by atoms with Crippen LogP contribution in [0.25, 0.3) is 0 Å². The predicted molar refractivity (Wildman–Crippen MR) is 99.7 cm³/mol. The first-order valence-electron chi connectivity index (χ1n) is 8.57. The summed E-state index contributed by atoms with van der Waals surface area (Å²) < 4.78 is 0. The zero-order valence-electron chi connectivity index (χ0n) is 14.5. The van der Waals surface area contributed by atoms with Gasteiger partial charge in [-0.3, -0.25) is 14.4 Å². The van der Waals surface area contributed by atoms with Gasteiger partial charge in [-0.1, -0.05) is 18.2 Å². The van der Waals surface area contributed by atoms with Gasteiger partial charge in [-0.2, -0.15) is 0 Å². The minimum Gasteiger partial charge on any atom is -0.348 e. The normalized spacial score (nSPS) is 13.0. The molecule has 0 saturated heterocycles. The van der Waals surface area contributed by atoms with Gasteiger partial charge < -0.3 is 16.0 Å². The molecule has 0 unspecified atom stereocenters. The fourth-order valence-corrected chi connectivity index (χ4v) is 2.57. The SMILES string of the molecule is CC(=O)Nc1cccc(C(=O)NCc2cccc(NC(=O)C3CC3)c2)c1. The van der Waals surface area contributed by atoms with Gasteiger partial charge >= 0.3 is 0 Å². The van der Waals surface area contributed by atoms with Gasteiger partial charge in [0.25, 0.3) is 5.91 Å². The highest BCUT2D eigenvalue weighted by Crippen LogP contribution is 2.30. The van der Waals surface area contributed by atoms with Gasteiger partial charge in [-0.15, -0.1) is 0 Å². The van der Waals surface area contributed by atoms with E-state index in [0.29, 0.717) is 17.8 Å². The number of amides is 3. The standard InChI is InChI=1S/C20H21N3O3/c1-13(24)22-18-7-3-5-16(11-18)19(25)21-12-14-4-2-6-17(10-14)23-20(26)15-8-9-15/h2-7,10-11,15H,8-9,12H2,1H3,(H,21,25)(H,22,24)(H,23,26). The molecule has 6 heteroatoms. The first kappa shape index (κ1) is 17.7. The fourth-order valence-electron chi connectivity index (χ4n) is 2.57. The summed E-state index contributed by atoms with van der Waals surface area (Å²) in [6, 6.07) is 14.2. The molecule has 0 radical (unpaired) electrons. The quantitative estimate of drug-likeness (QED) is 0.748. The van der Waals surface area contributed by atoms with Gasteiger partial charge in [0.15, 0.2) is 0 Å². The van der Waals surface area contributed by atoms with Crippen molar-refractivity contribution in [3.8, 4) is 0 Å². The monoisotopic (exact) mass is 351 g/mol. The summed E-state index contributed by atoms with van der Waals surface area (Å²) in [6.07, 6.45) is 1.91. The molecule has 0 aromatic heterocycles. The van der Waals surface area contributed by atoms with E-state index in [1.54, 1.807) is 24.3 Å². The van der Waals surface area contributed by atoms with Crippen LogP contribution in [0, 0.1) is 5.92 Å². The van der Waals surface area contributed by atoms with E-state index in [1.165, 1.54) is 6.92 Å². The maximum atomic E-state index is 12.3. The molecule has 6 nitrogen and oxygen atoms in total. The van der Waals surface area contributed by atoms with Crippen molar-refractivity contribution in [1.82, 2.24) is 5.32 Å². The van der Waals surface area contributed by atoms with Gasteiger partial charge in [0, 0.05) is 36.3 Å². The van der Waals surface area contributed by atoms with Crippen molar-refractivity contribution in [2.24, 2.45) is 5.92 Å². The van der Waals surface area contributed by atoms with E-state index in [0.717, 1.165) is 24.1 Å². The number of benzene rings is 2. The third-order valence-electron chi connectivity index (χ3n) is 4.04. The van der Waals surface area contributed by atoms with Crippen LogP contribution >= 0.6 is 0 Å². The van der Waals surface area contributed by atoms with Crippen molar-refractivity contribution in [2.75, 3.05) is 10.6 Å². The van der Waals surface area contributed by atoms with Gasteiger partial charge in [0.1, 0.15) is 0 Å². The van der Waals surface area contributed by atoms with Crippen LogP contribution < -0.4 is 16.0 Å². The molecule has 1 aliphatic rings. The second-order valence-corrected chi connectivity index (χ2v) is 6.41. The lowest BCUT2D eigenvalue weighted by molar-refractivity contribution is -0.117. The Morgan fingerprint density at radius 2 is 1.65 bits per heavy atom. The van der Waals surface area contributed by atoms with Crippen molar-refractivity contribution in [2.45, 2.75) is 26.3 Å². The van der Waals surface area contributed by atoms with Gasteiger partial charge in [0.2, 0.25) is 11.8 Å². The summed E-state index contributed by atoms with van der Waals surface area (Å²) in [5.74, 6) is -0.215. The van der Waals surface area contributed by atoms with Crippen LogP contribution in [0.2, 0.25) is 0 Å². The van der Waals surface area contributed by atoms with E-state index in [9.17, 15) is 14.4 Å². The molecular weight excluding hydrogens is 330 g/mol. The number of hydrogen-bond donors (Lipinski definition) is 3. The topological polar surface area (TPSA) is 87.3 Å². The summed E-state index contributed by atoms with van der Waals surface area (Å²) in [5.41, 5.74) is 2.68. The average Bonchev–Trinajstić information content (AvgIpc) is 3.45. The van der Waals surface area contributed by atoms with E-state index in [2.05, 4.69) is 16.0 Å². The lowest BCUT2D eigenvalue weighted by Crippen LogP contribution is -2.23. The van der Waals surface area contributed by atoms with E-state index in [4.69, 9.17) is 0 Å². The van der Waals surface area contributed by atoms with Crippen LogP contribution in [0.3, 0.4) is 0 Å². The van der Waals surface area contributed by atoms with Crippen molar-refractivity contribution in [3.63, 3.8) is 0 Å². The Bertz CT molecular complexity index is 844. The third-order valence-corrected chi connectivity index (χ3v) is 4.04. The second kappa shape index (κ2) is 7.82. The van der Waals surface area contributed by atoms with Crippen LogP contribution in [-0.4, -0.2) is 17.7 Å². The molecule has 134 valence electrons. The fraction of sp³-hybridized carbons (Fsp3) is 0.250. The van der Waals surface area contributed by atoms with Crippen LogP contribution in [0.1, 0.15) is 35.7 Å². The highest BCUT2D eigenvalue weighted by molar-refractivity contribution is 5.97. The lowest BCUT2D eigenvalue weighted by atomic mass is 10.1. The largest absolute Gasteiger partial charge is 0.348 e. The van der Waals surface area contributed by atoms with Gasteiger partial charge in [0.05, 0.1) is 0 Å². The minimum atomic E-state index is -0.232. The molecule has 1 aliphatic carbocycles. The summed E-state index contributed by atoms with van der Waals surface area (Å²) in [6.45, 7) is 1.76. The molecule has 0 atom stereocenters. The van der Waals surface area contributed by atoms with Crippen molar-refractivity contribution >= 4 is 29.1 Å². The molecule has 3 amide bonds. The molecule has 2 aromatic rings. The smallest absolute Gasteiger partial charge is 0.251 e. The molecule has 3 N–H and O–H groups in total. The van der Waals surface area contributed by atoms with Crippen molar-refractivity contribution in [3.05, 3.63) is 59.7 Å². The number of nitrogens with one attached hydrogen (secondary N) is 3. The number of carbonyl (C=O) groups is 3. The summed E-state index contributed by atoms with van der Waals surface area (Å²) in [4.78, 5) is 35.3. The predicted octanol–water partition coefficient (Wildman–Crippen LogP) is 2.92. The Hall–Kier alpha value is -3.15. The molecule has 0 heterocycles. The van der Waals surface area contributed by atoms with Gasteiger partial charge in [-0.05, 0) is 48.7 Å². The molecule has 0 aliphatic heterocycles. The van der Waals surface area contributed by atoms with Crippen LogP contribution in [0.5, 0.6) is 0 Å². The Balaban J connectivity index is 1.59. The molecule has 0 bridgehead atoms. The third kappa shape index (κ3) is 4.92. The number of anilines is 2. The summed E-state index contributed by atoms with van der Waals surface area (Å²) in [5, 5.41) is 8.40. The Morgan fingerprint density at radius 1 is 0.962 bits per heavy atom. The molecule has 0 spiro atoms. The lowest BCUT2D eigenvalue weighted by Gasteiger charge is -2.09. The van der Waals surface area contributed by atoms with E-state index >= 15 is 0 Å². The molecule has 26 heavy (non-hydrogen) atoms. The minimum absolute atomic E-state index is 0.0565. The number of rotatable bonds is 6. The average molecular weight is 351 g/mol. The van der Waals surface area contributed by atoms with E-state index < -0.39 is 0 Å². The van der Waals surface area contributed by atoms with Crippen LogP contribution in [0.4, 0.5) is 11.4 Å². The zero-order chi connectivity index (χ0) is 18.5. The van der Waals surface area contributed by atoms with Gasteiger partial charge in [-0.25, -0.2) is 0 Å². The highest BCUT2D eigenvalue weighted by atomic mass is 16.2. The highest BCUT2D eigenvalue weighted by Gasteiger charge is 2.29. The maximum Gasteiger partial charge on any atom is 0.251 e. The number of carbonyl (C=O) groups excluding carboxylic acids is 3. The van der Waals surface area contributed by atoms with Crippen LogP contribution in [-0.2, 0) is 16.1 Å².